The van der Waals surface area contributed by atoms with Crippen molar-refractivity contribution >= 4 is 46.3 Å². The van der Waals surface area contributed by atoms with Gasteiger partial charge in [0, 0.05) is 25.2 Å². The third-order valence-corrected chi connectivity index (χ3v) is 6.75. The highest BCUT2D eigenvalue weighted by Gasteiger charge is 2.22. The van der Waals surface area contributed by atoms with Crippen LogP contribution in [0.15, 0.2) is 48.7 Å². The molecule has 0 aliphatic carbocycles. The number of fused-ring (bicyclic) bond motifs is 1. The van der Waals surface area contributed by atoms with Crippen molar-refractivity contribution in [2.75, 3.05) is 32.2 Å². The Balaban J connectivity index is 1.59. The quantitative estimate of drug-likeness (QED) is 0.168. The molecule has 226 valence electrons. The molecule has 0 saturated carbocycles. The molecule has 42 heavy (non-hydrogen) atoms. The standard InChI is InChI=1S/C28H32ClF2N5O6/c1-36(27(39)34-14-18-5-4-7-22(31)25(18)29)21(6-2-3-10-41-26(38)23(32)15-37)16-42-28(40)35-24-12-19-11-20(30)9-8-17(19)13-33-24/h4-5,7-9,11-13,21,23,37H,2-3,6,10,14-16,32H2,1H3,(H,34,39)(H,33,35,40)/t21-,23-/m0/s1. The minimum Gasteiger partial charge on any atom is -0.464 e. The average Bonchev–Trinajstić information content (AvgIpc) is 2.97. The van der Waals surface area contributed by atoms with Crippen LogP contribution < -0.4 is 16.4 Å². The summed E-state index contributed by atoms with van der Waals surface area (Å²) < 4.78 is 37.7. The molecule has 0 unspecified atom stereocenters. The summed E-state index contributed by atoms with van der Waals surface area (Å²) in [5, 5.41) is 15.2. The molecule has 11 nitrogen and oxygen atoms in total. The Kier molecular flexibility index (Phi) is 12.2. The van der Waals surface area contributed by atoms with Crippen molar-refractivity contribution in [1.29, 1.82) is 0 Å². The van der Waals surface area contributed by atoms with Crippen LogP contribution in [-0.4, -0.2) is 72.0 Å². The maximum Gasteiger partial charge on any atom is 0.412 e. The first-order valence-electron chi connectivity index (χ1n) is 13.0. The summed E-state index contributed by atoms with van der Waals surface area (Å²) in [7, 11) is 1.51. The van der Waals surface area contributed by atoms with E-state index in [-0.39, 0.29) is 30.6 Å². The highest BCUT2D eigenvalue weighted by molar-refractivity contribution is 6.31. The number of halogens is 3. The lowest BCUT2D eigenvalue weighted by molar-refractivity contribution is -0.146. The number of hydrogen-bond acceptors (Lipinski definition) is 8. The molecule has 0 bridgehead atoms. The van der Waals surface area contributed by atoms with E-state index in [2.05, 4.69) is 15.6 Å². The van der Waals surface area contributed by atoms with E-state index in [1.54, 1.807) is 12.1 Å². The number of benzene rings is 2. The van der Waals surface area contributed by atoms with Gasteiger partial charge in [0.25, 0.3) is 0 Å². The molecule has 0 spiro atoms. The number of rotatable bonds is 13. The number of carbonyl (C=O) groups is 3. The first-order valence-corrected chi connectivity index (χ1v) is 13.4. The Labute approximate surface area is 245 Å². The molecule has 3 rings (SSSR count). The van der Waals surface area contributed by atoms with Crippen molar-refractivity contribution in [1.82, 2.24) is 15.2 Å². The zero-order valence-corrected chi connectivity index (χ0v) is 23.6. The molecule has 0 saturated heterocycles. The van der Waals surface area contributed by atoms with Gasteiger partial charge in [0.15, 0.2) is 0 Å². The van der Waals surface area contributed by atoms with Gasteiger partial charge in [-0.1, -0.05) is 23.7 Å². The number of nitrogens with one attached hydrogen (secondary N) is 2. The van der Waals surface area contributed by atoms with E-state index in [1.165, 1.54) is 48.5 Å². The number of ether oxygens (including phenoxy) is 2. The molecule has 0 aliphatic rings. The van der Waals surface area contributed by atoms with Crippen LogP contribution in [0.25, 0.3) is 10.8 Å². The topological polar surface area (TPSA) is 156 Å². The third kappa shape index (κ3) is 9.50. The lowest BCUT2D eigenvalue weighted by atomic mass is 10.1. The van der Waals surface area contributed by atoms with Crippen molar-refractivity contribution in [3.8, 4) is 0 Å². The van der Waals surface area contributed by atoms with Crippen LogP contribution in [-0.2, 0) is 20.8 Å². The summed E-state index contributed by atoms with van der Waals surface area (Å²) in [6, 6.07) is 7.69. The minimum atomic E-state index is -1.12. The smallest absolute Gasteiger partial charge is 0.412 e. The van der Waals surface area contributed by atoms with Gasteiger partial charge in [-0.2, -0.15) is 0 Å². The van der Waals surface area contributed by atoms with Crippen LogP contribution in [0.4, 0.5) is 24.2 Å². The number of unbranched alkanes of at least 4 members (excludes halogenated alkanes) is 1. The molecule has 14 heteroatoms. The summed E-state index contributed by atoms with van der Waals surface area (Å²) in [5.41, 5.74) is 5.80. The van der Waals surface area contributed by atoms with Crippen molar-refractivity contribution in [2.45, 2.75) is 37.9 Å². The Bertz CT molecular complexity index is 1400. The summed E-state index contributed by atoms with van der Waals surface area (Å²) in [5.74, 6) is -1.62. The largest absolute Gasteiger partial charge is 0.464 e. The van der Waals surface area contributed by atoms with Gasteiger partial charge in [-0.3, -0.25) is 10.1 Å². The predicted molar refractivity (Wildman–Crippen MR) is 152 cm³/mol. The minimum absolute atomic E-state index is 0.0386. The van der Waals surface area contributed by atoms with E-state index in [9.17, 15) is 23.2 Å². The zero-order chi connectivity index (χ0) is 30.6. The number of urea groups is 1. The van der Waals surface area contributed by atoms with E-state index in [0.717, 1.165) is 0 Å². The zero-order valence-electron chi connectivity index (χ0n) is 22.8. The van der Waals surface area contributed by atoms with Gasteiger partial charge < -0.3 is 30.5 Å². The molecule has 3 amide bonds. The molecule has 1 heterocycles. The van der Waals surface area contributed by atoms with Crippen LogP contribution in [0.3, 0.4) is 0 Å². The van der Waals surface area contributed by atoms with Gasteiger partial charge in [0.2, 0.25) is 0 Å². The fourth-order valence-corrected chi connectivity index (χ4v) is 4.06. The van der Waals surface area contributed by atoms with Crippen molar-refractivity contribution in [2.24, 2.45) is 5.73 Å². The maximum absolute atomic E-state index is 13.8. The van der Waals surface area contributed by atoms with Crippen molar-refractivity contribution in [3.63, 3.8) is 0 Å². The number of aliphatic hydroxyl groups excluding tert-OH is 1. The Morgan fingerprint density at radius 2 is 1.90 bits per heavy atom. The molecular weight excluding hydrogens is 576 g/mol. The van der Waals surface area contributed by atoms with Gasteiger partial charge >= 0.3 is 18.1 Å². The van der Waals surface area contributed by atoms with E-state index < -0.39 is 48.4 Å². The summed E-state index contributed by atoms with van der Waals surface area (Å²) in [4.78, 5) is 42.5. The predicted octanol–water partition coefficient (Wildman–Crippen LogP) is 3.96. The van der Waals surface area contributed by atoms with Crippen molar-refractivity contribution in [3.05, 3.63) is 70.9 Å². The number of carbonyl (C=O) groups excluding carboxylic acids is 3. The monoisotopic (exact) mass is 607 g/mol. The highest BCUT2D eigenvalue weighted by atomic mass is 35.5. The first-order chi connectivity index (χ1) is 20.1. The molecule has 2 atom stereocenters. The number of nitrogens with zero attached hydrogens (tertiary/aromatic N) is 2. The summed E-state index contributed by atoms with van der Waals surface area (Å²) in [6.45, 7) is -0.730. The molecule has 3 aromatic rings. The lowest BCUT2D eigenvalue weighted by Crippen LogP contribution is -2.46. The number of esters is 1. The first kappa shape index (κ1) is 32.4. The van der Waals surface area contributed by atoms with Crippen LogP contribution in [0.2, 0.25) is 5.02 Å². The van der Waals surface area contributed by atoms with Gasteiger partial charge in [-0.05, 0) is 60.5 Å². The van der Waals surface area contributed by atoms with E-state index in [0.29, 0.717) is 35.6 Å². The number of aliphatic hydroxyl groups is 1. The number of aromatic nitrogens is 1. The third-order valence-electron chi connectivity index (χ3n) is 6.33. The fraction of sp³-hybridized carbons (Fsp3) is 0.357. The second kappa shape index (κ2) is 15.8. The van der Waals surface area contributed by atoms with Crippen molar-refractivity contribution < 1.29 is 37.7 Å². The van der Waals surface area contributed by atoms with Gasteiger partial charge in [0.1, 0.15) is 30.1 Å². The SMILES string of the molecule is CN(C(=O)NCc1cccc(F)c1Cl)[C@@H](CCCCOC(=O)[C@@H](N)CO)COC(=O)Nc1cc2cc(F)ccc2cn1. The Hall–Kier alpha value is -4.07. The second-order valence-electron chi connectivity index (χ2n) is 9.37. The van der Waals surface area contributed by atoms with Gasteiger partial charge in [-0.15, -0.1) is 0 Å². The number of anilines is 1. The highest BCUT2D eigenvalue weighted by Crippen LogP contribution is 2.20. The Morgan fingerprint density at radius 3 is 2.67 bits per heavy atom. The van der Waals surface area contributed by atoms with E-state index in [1.807, 2.05) is 0 Å². The maximum atomic E-state index is 13.8. The van der Waals surface area contributed by atoms with E-state index >= 15 is 0 Å². The van der Waals surface area contributed by atoms with E-state index in [4.69, 9.17) is 31.9 Å². The van der Waals surface area contributed by atoms with Gasteiger partial charge in [-0.25, -0.2) is 23.4 Å². The molecule has 5 N–H and O–H groups in total. The van der Waals surface area contributed by atoms with Crippen LogP contribution in [0, 0.1) is 11.6 Å². The Morgan fingerprint density at radius 1 is 1.12 bits per heavy atom. The normalized spacial score (nSPS) is 12.3. The number of likely N-dealkylation sites (N-methyl/N-ethyl adjacent to an activating group) is 1. The number of amides is 3. The number of hydrogen-bond donors (Lipinski definition) is 4. The van der Waals surface area contributed by atoms with Crippen LogP contribution in [0.5, 0.6) is 0 Å². The molecule has 0 radical (unpaired) electrons. The van der Waals surface area contributed by atoms with Crippen LogP contribution >= 0.6 is 11.6 Å². The fourth-order valence-electron chi connectivity index (χ4n) is 3.86. The molecule has 1 aromatic heterocycles. The molecular formula is C28H32ClF2N5O6. The van der Waals surface area contributed by atoms with Gasteiger partial charge in [0.05, 0.1) is 24.3 Å². The molecule has 0 fully saturated rings. The average molecular weight is 608 g/mol. The summed E-state index contributed by atoms with van der Waals surface area (Å²) >= 11 is 5.97. The molecule has 2 aromatic carbocycles. The number of nitrogens with two attached hydrogens (primary N) is 1. The number of pyridine rings is 1. The van der Waals surface area contributed by atoms with Crippen LogP contribution in [0.1, 0.15) is 24.8 Å². The molecule has 0 aliphatic heterocycles. The lowest BCUT2D eigenvalue weighted by Gasteiger charge is -2.28. The summed E-state index contributed by atoms with van der Waals surface area (Å²) in [6.07, 6.45) is 1.89. The second-order valence-corrected chi connectivity index (χ2v) is 9.75.